The van der Waals surface area contributed by atoms with Crippen LogP contribution in [0.25, 0.3) is 0 Å². The number of nitrogens with zero attached hydrogens (tertiary/aromatic N) is 2. The van der Waals surface area contributed by atoms with Crippen LogP contribution in [0.2, 0.25) is 5.02 Å². The average molecular weight is 340 g/mol. The molecule has 0 spiro atoms. The molecule has 1 fully saturated rings. The van der Waals surface area contributed by atoms with Gasteiger partial charge in [0.1, 0.15) is 5.02 Å². The van der Waals surface area contributed by atoms with E-state index >= 15 is 0 Å². The molecule has 0 aromatic heterocycles. The van der Waals surface area contributed by atoms with Gasteiger partial charge in [0.15, 0.2) is 0 Å². The van der Waals surface area contributed by atoms with Crippen molar-refractivity contribution in [2.24, 2.45) is 5.92 Å². The van der Waals surface area contributed by atoms with Gasteiger partial charge >= 0.3 is 0 Å². The number of likely N-dealkylation sites (tertiary alicyclic amines) is 1. The fourth-order valence-electron chi connectivity index (χ4n) is 2.66. The molecule has 23 heavy (non-hydrogen) atoms. The monoisotopic (exact) mass is 339 g/mol. The SMILES string of the molecule is CCNC(=O)C1CCCN(C(=O)c2ccc([N+](=O)[O-])c(Cl)c2)C1. The van der Waals surface area contributed by atoms with Gasteiger partial charge in [-0.1, -0.05) is 11.6 Å². The molecule has 124 valence electrons. The van der Waals surface area contributed by atoms with E-state index in [1.54, 1.807) is 4.90 Å². The van der Waals surface area contributed by atoms with Crippen LogP contribution in [-0.2, 0) is 4.79 Å². The summed E-state index contributed by atoms with van der Waals surface area (Å²) in [6.45, 7) is 3.31. The number of nitro benzene ring substituents is 1. The fourth-order valence-corrected chi connectivity index (χ4v) is 2.91. The summed E-state index contributed by atoms with van der Waals surface area (Å²) >= 11 is 5.85. The maximum atomic E-state index is 12.5. The third-order valence-electron chi connectivity index (χ3n) is 3.82. The van der Waals surface area contributed by atoms with Crippen molar-refractivity contribution in [3.63, 3.8) is 0 Å². The van der Waals surface area contributed by atoms with E-state index in [0.717, 1.165) is 12.8 Å². The first-order valence-electron chi connectivity index (χ1n) is 7.45. The summed E-state index contributed by atoms with van der Waals surface area (Å²) < 4.78 is 0. The van der Waals surface area contributed by atoms with Crippen molar-refractivity contribution in [1.82, 2.24) is 10.2 Å². The number of carbonyl (C=O) groups is 2. The third-order valence-corrected chi connectivity index (χ3v) is 4.12. The number of benzene rings is 1. The minimum Gasteiger partial charge on any atom is -0.356 e. The van der Waals surface area contributed by atoms with Crippen molar-refractivity contribution >= 4 is 29.1 Å². The van der Waals surface area contributed by atoms with Gasteiger partial charge in [0.2, 0.25) is 5.91 Å². The first-order valence-corrected chi connectivity index (χ1v) is 7.82. The zero-order chi connectivity index (χ0) is 17.0. The lowest BCUT2D eigenvalue weighted by Gasteiger charge is -2.32. The minimum atomic E-state index is -0.595. The summed E-state index contributed by atoms with van der Waals surface area (Å²) in [5.74, 6) is -0.538. The molecular weight excluding hydrogens is 322 g/mol. The zero-order valence-corrected chi connectivity index (χ0v) is 13.5. The Balaban J connectivity index is 2.12. The largest absolute Gasteiger partial charge is 0.356 e. The standard InChI is InChI=1S/C15H18ClN3O4/c1-2-17-14(20)11-4-3-7-18(9-11)15(21)10-5-6-13(19(22)23)12(16)8-10/h5-6,8,11H,2-4,7,9H2,1H3,(H,17,20). The Morgan fingerprint density at radius 3 is 2.83 bits per heavy atom. The van der Waals surface area contributed by atoms with Crippen LogP contribution in [0.5, 0.6) is 0 Å². The number of amides is 2. The van der Waals surface area contributed by atoms with Crippen LogP contribution in [0.15, 0.2) is 18.2 Å². The quantitative estimate of drug-likeness (QED) is 0.672. The van der Waals surface area contributed by atoms with Gasteiger partial charge in [-0.25, -0.2) is 0 Å². The van der Waals surface area contributed by atoms with E-state index in [4.69, 9.17) is 11.6 Å². The Morgan fingerprint density at radius 1 is 1.48 bits per heavy atom. The Morgan fingerprint density at radius 2 is 2.22 bits per heavy atom. The summed E-state index contributed by atoms with van der Waals surface area (Å²) in [7, 11) is 0. The first kappa shape index (κ1) is 17.2. The van der Waals surface area contributed by atoms with Crippen LogP contribution < -0.4 is 5.32 Å². The predicted molar refractivity (Wildman–Crippen MR) is 85.4 cm³/mol. The van der Waals surface area contributed by atoms with Crippen LogP contribution in [0.4, 0.5) is 5.69 Å². The predicted octanol–water partition coefficient (Wildman–Crippen LogP) is 2.24. The van der Waals surface area contributed by atoms with Crippen LogP contribution >= 0.6 is 11.6 Å². The molecule has 1 saturated heterocycles. The van der Waals surface area contributed by atoms with E-state index < -0.39 is 4.92 Å². The number of piperidine rings is 1. The lowest BCUT2D eigenvalue weighted by atomic mass is 9.96. The zero-order valence-electron chi connectivity index (χ0n) is 12.8. The van der Waals surface area contributed by atoms with Gasteiger partial charge in [-0.3, -0.25) is 19.7 Å². The molecule has 1 aromatic rings. The van der Waals surface area contributed by atoms with E-state index in [0.29, 0.717) is 19.6 Å². The van der Waals surface area contributed by atoms with Gasteiger partial charge < -0.3 is 10.2 Å². The maximum absolute atomic E-state index is 12.5. The minimum absolute atomic E-state index is 0.0493. The molecule has 8 heteroatoms. The number of halogens is 1. The number of rotatable bonds is 4. The van der Waals surface area contributed by atoms with Gasteiger partial charge in [0, 0.05) is 31.3 Å². The lowest BCUT2D eigenvalue weighted by molar-refractivity contribution is -0.384. The van der Waals surface area contributed by atoms with E-state index in [1.807, 2.05) is 6.92 Å². The molecule has 1 aliphatic heterocycles. The summed E-state index contributed by atoms with van der Waals surface area (Å²) in [6.07, 6.45) is 1.49. The summed E-state index contributed by atoms with van der Waals surface area (Å²) in [5.41, 5.74) is 0.0548. The van der Waals surface area contributed by atoms with E-state index in [2.05, 4.69) is 5.32 Å². The van der Waals surface area contributed by atoms with Crippen molar-refractivity contribution in [3.05, 3.63) is 38.9 Å². The van der Waals surface area contributed by atoms with E-state index in [1.165, 1.54) is 18.2 Å². The van der Waals surface area contributed by atoms with Crippen molar-refractivity contribution in [1.29, 1.82) is 0 Å². The van der Waals surface area contributed by atoms with Crippen molar-refractivity contribution in [3.8, 4) is 0 Å². The second kappa shape index (κ2) is 7.41. The van der Waals surface area contributed by atoms with Gasteiger partial charge in [-0.05, 0) is 31.9 Å². The van der Waals surface area contributed by atoms with Crippen molar-refractivity contribution < 1.29 is 14.5 Å². The van der Waals surface area contributed by atoms with Gasteiger partial charge in [-0.15, -0.1) is 0 Å². The topological polar surface area (TPSA) is 92.6 Å². The Kier molecular flexibility index (Phi) is 5.54. The van der Waals surface area contributed by atoms with Crippen molar-refractivity contribution in [2.45, 2.75) is 19.8 Å². The molecule has 7 nitrogen and oxygen atoms in total. The average Bonchev–Trinajstić information content (AvgIpc) is 2.54. The highest BCUT2D eigenvalue weighted by Gasteiger charge is 2.29. The molecule has 1 N–H and O–H groups in total. The molecule has 2 amide bonds. The second-order valence-electron chi connectivity index (χ2n) is 5.41. The maximum Gasteiger partial charge on any atom is 0.287 e. The molecule has 0 saturated carbocycles. The molecule has 1 heterocycles. The lowest BCUT2D eigenvalue weighted by Crippen LogP contribution is -2.45. The van der Waals surface area contributed by atoms with Gasteiger partial charge in [0.25, 0.3) is 11.6 Å². The van der Waals surface area contributed by atoms with Crippen LogP contribution in [0.1, 0.15) is 30.1 Å². The number of hydrogen-bond donors (Lipinski definition) is 1. The first-order chi connectivity index (χ1) is 10.9. The Hall–Kier alpha value is -2.15. The number of carbonyl (C=O) groups excluding carboxylic acids is 2. The van der Waals surface area contributed by atoms with Gasteiger partial charge in [-0.2, -0.15) is 0 Å². The summed E-state index contributed by atoms with van der Waals surface area (Å²) in [4.78, 5) is 36.2. The smallest absolute Gasteiger partial charge is 0.287 e. The summed E-state index contributed by atoms with van der Waals surface area (Å²) in [5, 5.41) is 13.5. The van der Waals surface area contributed by atoms with Crippen LogP contribution in [0.3, 0.4) is 0 Å². The highest BCUT2D eigenvalue weighted by molar-refractivity contribution is 6.33. The second-order valence-corrected chi connectivity index (χ2v) is 5.82. The molecular formula is C15H18ClN3O4. The highest BCUT2D eigenvalue weighted by Crippen LogP contribution is 2.26. The number of hydrogen-bond acceptors (Lipinski definition) is 4. The molecule has 2 rings (SSSR count). The normalized spacial score (nSPS) is 17.7. The van der Waals surface area contributed by atoms with E-state index in [-0.39, 0.29) is 34.0 Å². The molecule has 0 aliphatic carbocycles. The fraction of sp³-hybridized carbons (Fsp3) is 0.467. The number of nitro groups is 1. The molecule has 0 radical (unpaired) electrons. The van der Waals surface area contributed by atoms with Crippen LogP contribution in [0, 0.1) is 16.0 Å². The van der Waals surface area contributed by atoms with Gasteiger partial charge in [0.05, 0.1) is 10.8 Å². The van der Waals surface area contributed by atoms with Crippen LogP contribution in [-0.4, -0.2) is 41.3 Å². The molecule has 1 aromatic carbocycles. The van der Waals surface area contributed by atoms with Crippen molar-refractivity contribution in [2.75, 3.05) is 19.6 Å². The van der Waals surface area contributed by atoms with E-state index in [9.17, 15) is 19.7 Å². The molecule has 0 bridgehead atoms. The number of nitrogens with one attached hydrogen (secondary N) is 1. The third kappa shape index (κ3) is 3.98. The Labute approximate surface area is 138 Å². The molecule has 1 aliphatic rings. The molecule has 1 unspecified atom stereocenters. The Bertz CT molecular complexity index is 635. The summed E-state index contributed by atoms with van der Waals surface area (Å²) in [6, 6.07) is 3.92. The molecule has 1 atom stereocenters. The highest BCUT2D eigenvalue weighted by atomic mass is 35.5.